The molecule has 0 aliphatic heterocycles. The molecule has 229 valence electrons. The van der Waals surface area contributed by atoms with Crippen molar-refractivity contribution in [2.24, 2.45) is 0 Å². The van der Waals surface area contributed by atoms with Crippen LogP contribution in [0.15, 0.2) is 83.5 Å². The van der Waals surface area contributed by atoms with Gasteiger partial charge in [0.15, 0.2) is 0 Å². The van der Waals surface area contributed by atoms with Gasteiger partial charge in [0.1, 0.15) is 17.2 Å². The van der Waals surface area contributed by atoms with Crippen molar-refractivity contribution in [3.63, 3.8) is 0 Å². The van der Waals surface area contributed by atoms with E-state index in [0.717, 1.165) is 28.5 Å². The van der Waals surface area contributed by atoms with Gasteiger partial charge in [0.2, 0.25) is 0 Å². The first kappa shape index (κ1) is 30.8. The molecule has 0 amide bonds. The Bertz CT molecular complexity index is 2000. The van der Waals surface area contributed by atoms with Crippen LogP contribution < -0.4 is 4.40 Å². The van der Waals surface area contributed by atoms with Gasteiger partial charge in [0.05, 0.1) is 5.58 Å². The first-order valence-electron chi connectivity index (χ1n) is 15.2. The quantitative estimate of drug-likeness (QED) is 0.128. The van der Waals surface area contributed by atoms with Gasteiger partial charge >= 0.3 is 120 Å². The monoisotopic (exact) mass is 831 g/mol. The molecule has 6 aromatic rings. The van der Waals surface area contributed by atoms with Crippen molar-refractivity contribution >= 4 is 39.6 Å². The van der Waals surface area contributed by atoms with E-state index in [-0.39, 0.29) is 31.1 Å². The van der Waals surface area contributed by atoms with Crippen molar-refractivity contribution in [3.8, 4) is 22.5 Å². The molecular weight excluding hydrogens is 791 g/mol. The van der Waals surface area contributed by atoms with Crippen molar-refractivity contribution in [1.82, 2.24) is 9.97 Å². The summed E-state index contributed by atoms with van der Waals surface area (Å²) in [6.45, 7) is 7.49. The molecule has 44 heavy (non-hydrogen) atoms. The van der Waals surface area contributed by atoms with E-state index in [1.54, 1.807) is 44.3 Å². The van der Waals surface area contributed by atoms with E-state index in [1.165, 1.54) is 10.5 Å². The molecule has 0 N–H and O–H groups in total. The Balaban J connectivity index is 0.000000210. The first-order chi connectivity index (χ1) is 21.0. The molecular formula is C37H36F2GeIrN2O-2. The van der Waals surface area contributed by atoms with Crippen molar-refractivity contribution in [2.75, 3.05) is 0 Å². The molecule has 0 unspecified atom stereocenters. The van der Waals surface area contributed by atoms with Gasteiger partial charge in [-0.1, -0.05) is 36.4 Å². The Labute approximate surface area is 277 Å². The van der Waals surface area contributed by atoms with Gasteiger partial charge < -0.3 is 9.40 Å². The van der Waals surface area contributed by atoms with E-state index in [2.05, 4.69) is 45.4 Å². The maximum atomic E-state index is 14.2. The van der Waals surface area contributed by atoms with Gasteiger partial charge in [-0.25, -0.2) is 8.78 Å². The SMILES string of the molecule is [2H]C(C)(C)c1cc(-c2[c-]cccc2)nc[c]1[Ge]([CH3])([CH3])[CH3].[2H]C(C)(C)c1ccnc(-c2[c-]ccc3c2oc2cc(F)cc(F)c23)c1.[Ir]. The van der Waals surface area contributed by atoms with Crippen LogP contribution in [0.1, 0.15) is 53.4 Å². The number of fused-ring (bicyclic) bond motifs is 3. The third-order valence-corrected chi connectivity index (χ3v) is 11.5. The molecule has 6 rings (SSSR count). The van der Waals surface area contributed by atoms with Crippen LogP contribution in [-0.4, -0.2) is 23.2 Å². The molecule has 0 bridgehead atoms. The summed E-state index contributed by atoms with van der Waals surface area (Å²) in [5.74, 6) is 4.31. The number of halogens is 2. The Morgan fingerprint density at radius 2 is 1.64 bits per heavy atom. The van der Waals surface area contributed by atoms with Gasteiger partial charge in [-0.2, -0.15) is 0 Å². The molecule has 0 aliphatic rings. The minimum atomic E-state index is -2.03. The number of rotatable bonds is 5. The van der Waals surface area contributed by atoms with Crippen molar-refractivity contribution < 1.29 is 36.0 Å². The van der Waals surface area contributed by atoms with Crippen LogP contribution in [0.5, 0.6) is 0 Å². The number of hydrogen-bond donors (Lipinski definition) is 0. The second-order valence-electron chi connectivity index (χ2n) is 12.0. The largest absolute Gasteiger partial charge is 0.500 e. The van der Waals surface area contributed by atoms with E-state index >= 15 is 0 Å². The fourth-order valence-corrected chi connectivity index (χ4v) is 8.34. The van der Waals surface area contributed by atoms with E-state index < -0.39 is 36.7 Å². The summed E-state index contributed by atoms with van der Waals surface area (Å²) in [5, 5.41) is 0.780. The molecule has 0 fully saturated rings. The van der Waals surface area contributed by atoms with Crippen LogP contribution in [0.3, 0.4) is 0 Å². The summed E-state index contributed by atoms with van der Waals surface area (Å²) < 4.78 is 51.4. The third kappa shape index (κ3) is 7.20. The Hall–Kier alpha value is -3.19. The zero-order valence-electron chi connectivity index (χ0n) is 27.9. The molecule has 0 saturated heterocycles. The number of furan rings is 1. The zero-order chi connectivity index (χ0) is 32.7. The molecule has 3 heterocycles. The summed E-state index contributed by atoms with van der Waals surface area (Å²) in [6, 6.07) is 25.2. The second-order valence-corrected chi connectivity index (χ2v) is 22.6. The molecule has 3 aromatic heterocycles. The Morgan fingerprint density at radius 3 is 2.30 bits per heavy atom. The average Bonchev–Trinajstić information content (AvgIpc) is 3.35. The van der Waals surface area contributed by atoms with Crippen molar-refractivity contribution in [1.29, 1.82) is 0 Å². The zero-order valence-corrected chi connectivity index (χ0v) is 30.4. The molecule has 7 heteroatoms. The predicted octanol–water partition coefficient (Wildman–Crippen LogP) is 10.1. The minimum absolute atomic E-state index is 0. The molecule has 1 radical (unpaired) electrons. The number of hydrogen-bond acceptors (Lipinski definition) is 3. The summed E-state index contributed by atoms with van der Waals surface area (Å²) in [6.07, 6.45) is 3.62. The van der Waals surface area contributed by atoms with Crippen LogP contribution in [-0.2, 0) is 20.1 Å². The summed E-state index contributed by atoms with van der Waals surface area (Å²) in [4.78, 5) is 8.96. The summed E-state index contributed by atoms with van der Waals surface area (Å²) in [7, 11) is 0. The normalized spacial score (nSPS) is 12.7. The molecule has 0 atom stereocenters. The molecule has 0 saturated carbocycles. The van der Waals surface area contributed by atoms with Crippen LogP contribution in [0.4, 0.5) is 8.78 Å². The fourth-order valence-electron chi connectivity index (χ4n) is 5.02. The van der Waals surface area contributed by atoms with Crippen LogP contribution in [0, 0.1) is 23.8 Å². The molecule has 0 aliphatic carbocycles. The number of pyridine rings is 2. The molecule has 3 nitrogen and oxygen atoms in total. The Morgan fingerprint density at radius 1 is 0.864 bits per heavy atom. The second kappa shape index (κ2) is 13.8. The number of nitrogens with zero attached hydrogens (tertiary/aromatic N) is 2. The summed E-state index contributed by atoms with van der Waals surface area (Å²) >= 11 is -2.03. The van der Waals surface area contributed by atoms with E-state index in [1.807, 2.05) is 44.3 Å². The predicted molar refractivity (Wildman–Crippen MR) is 175 cm³/mol. The third-order valence-electron chi connectivity index (χ3n) is 7.28. The smallest absolute Gasteiger partial charge is 0.136 e. The minimum Gasteiger partial charge on any atom is -0.500 e. The van der Waals surface area contributed by atoms with E-state index in [4.69, 9.17) is 7.16 Å². The van der Waals surface area contributed by atoms with E-state index in [0.29, 0.717) is 22.2 Å². The average molecular weight is 830 g/mol. The van der Waals surface area contributed by atoms with Gasteiger partial charge in [-0.15, -0.1) is 18.2 Å². The van der Waals surface area contributed by atoms with Crippen LogP contribution >= 0.6 is 0 Å². The van der Waals surface area contributed by atoms with Crippen molar-refractivity contribution in [3.05, 3.63) is 114 Å². The number of aromatic nitrogens is 2. The van der Waals surface area contributed by atoms with Crippen molar-refractivity contribution in [2.45, 2.75) is 56.8 Å². The van der Waals surface area contributed by atoms with Gasteiger partial charge in [0, 0.05) is 45.2 Å². The van der Waals surface area contributed by atoms with E-state index in [9.17, 15) is 8.78 Å². The van der Waals surface area contributed by atoms with Gasteiger partial charge in [-0.3, -0.25) is 0 Å². The van der Waals surface area contributed by atoms with Gasteiger partial charge in [-0.05, 0) is 17.7 Å². The standard InChI is InChI=1S/C20H14F2NO.C17H22GeN.Ir/c1-11(2)12-6-7-23-17(8-12)14-4-3-5-15-19-16(22)9-13(21)10-18(19)24-20(14)15;1-13(2)15-11-17(14-9-7-6-8-10-14)19-12-16(15)18(3,4)5;/h3,5-11H,1-2H3;6-9,11-13H,1-5H3;/q2*-1;/i11D;13D;. The van der Waals surface area contributed by atoms with Gasteiger partial charge in [0.25, 0.3) is 0 Å². The maximum Gasteiger partial charge on any atom is 0.136 e. The van der Waals surface area contributed by atoms with Crippen LogP contribution in [0.25, 0.3) is 44.5 Å². The summed E-state index contributed by atoms with van der Waals surface area (Å²) in [5.41, 5.74) is 5.48. The molecule has 0 spiro atoms. The number of benzene rings is 3. The first-order valence-corrected chi connectivity index (χ1v) is 21.6. The Kier molecular flexibility index (Phi) is 9.70. The topological polar surface area (TPSA) is 38.9 Å². The fraction of sp³-hybridized carbons (Fsp3) is 0.243. The molecule has 3 aromatic carbocycles. The van der Waals surface area contributed by atoms with Crippen LogP contribution in [0.2, 0.25) is 17.3 Å². The maximum absolute atomic E-state index is 14.2.